The zero-order chi connectivity index (χ0) is 20.4. The van der Waals surface area contributed by atoms with Gasteiger partial charge in [0.05, 0.1) is 4.90 Å². The van der Waals surface area contributed by atoms with Gasteiger partial charge in [-0.2, -0.15) is 0 Å². The van der Waals surface area contributed by atoms with Gasteiger partial charge in [-0.05, 0) is 42.6 Å². The van der Waals surface area contributed by atoms with Crippen LogP contribution in [0.4, 0.5) is 0 Å². The van der Waals surface area contributed by atoms with E-state index in [4.69, 9.17) is 9.47 Å². The molecule has 1 N–H and O–H groups in total. The Hall–Kier alpha value is -2.61. The van der Waals surface area contributed by atoms with Crippen LogP contribution < -0.4 is 14.2 Å². The Bertz CT molecular complexity index is 1120. The van der Waals surface area contributed by atoms with Crippen LogP contribution in [0, 0.1) is 0 Å². The van der Waals surface area contributed by atoms with Crippen molar-refractivity contribution >= 4 is 20.8 Å². The fraction of sp³-hybridized carbons (Fsp3) is 0.273. The molecular formula is C22H24N2O4S. The lowest BCUT2D eigenvalue weighted by Gasteiger charge is -2.26. The molecule has 0 radical (unpaired) electrons. The molecule has 1 atom stereocenters. The van der Waals surface area contributed by atoms with Gasteiger partial charge in [0.1, 0.15) is 13.2 Å². The predicted octanol–water partition coefficient (Wildman–Crippen LogP) is 3.19. The van der Waals surface area contributed by atoms with E-state index in [2.05, 4.69) is 22.9 Å². The van der Waals surface area contributed by atoms with Crippen LogP contribution in [-0.2, 0) is 10.0 Å². The van der Waals surface area contributed by atoms with Crippen LogP contribution in [0.25, 0.3) is 10.8 Å². The van der Waals surface area contributed by atoms with Gasteiger partial charge >= 0.3 is 0 Å². The van der Waals surface area contributed by atoms with Crippen molar-refractivity contribution in [3.63, 3.8) is 0 Å². The highest BCUT2D eigenvalue weighted by Gasteiger charge is 2.23. The number of hydrogen-bond acceptors (Lipinski definition) is 5. The Morgan fingerprint density at radius 2 is 1.69 bits per heavy atom. The van der Waals surface area contributed by atoms with Crippen LogP contribution in [0.5, 0.6) is 11.5 Å². The van der Waals surface area contributed by atoms with Crippen molar-refractivity contribution < 1.29 is 17.9 Å². The molecule has 1 heterocycles. The average molecular weight is 413 g/mol. The SMILES string of the molecule is CN(C)[C@H](CNS(=O)(=O)c1ccc2c(c1)OCCO2)c1cccc2ccccc12. The van der Waals surface area contributed by atoms with E-state index in [0.717, 1.165) is 16.3 Å². The van der Waals surface area contributed by atoms with E-state index >= 15 is 0 Å². The van der Waals surface area contributed by atoms with Gasteiger partial charge in [0.2, 0.25) is 10.0 Å². The standard InChI is InChI=1S/C22H24N2O4S/c1-24(2)20(19-9-5-7-16-6-3-4-8-18(16)19)15-23-29(25,26)17-10-11-21-22(14-17)28-13-12-27-21/h3-11,14,20,23H,12-13,15H2,1-2H3/t20-/m1/s1. The van der Waals surface area contributed by atoms with Crippen molar-refractivity contribution in [3.8, 4) is 11.5 Å². The quantitative estimate of drug-likeness (QED) is 0.674. The zero-order valence-corrected chi connectivity index (χ0v) is 17.3. The number of rotatable bonds is 6. The van der Waals surface area contributed by atoms with Gasteiger partial charge < -0.3 is 14.4 Å². The summed E-state index contributed by atoms with van der Waals surface area (Å²) in [6.07, 6.45) is 0. The predicted molar refractivity (Wildman–Crippen MR) is 113 cm³/mol. The Kier molecular flexibility index (Phi) is 5.45. The highest BCUT2D eigenvalue weighted by Crippen LogP contribution is 2.32. The van der Waals surface area contributed by atoms with E-state index in [1.165, 1.54) is 6.07 Å². The van der Waals surface area contributed by atoms with E-state index in [9.17, 15) is 8.42 Å². The van der Waals surface area contributed by atoms with Crippen LogP contribution in [0.3, 0.4) is 0 Å². The molecule has 0 saturated heterocycles. The molecule has 0 fully saturated rings. The van der Waals surface area contributed by atoms with Crippen molar-refractivity contribution in [1.82, 2.24) is 9.62 Å². The number of hydrogen-bond donors (Lipinski definition) is 1. The summed E-state index contributed by atoms with van der Waals surface area (Å²) < 4.78 is 39.6. The first-order chi connectivity index (χ1) is 14.0. The monoisotopic (exact) mass is 412 g/mol. The molecule has 0 unspecified atom stereocenters. The van der Waals surface area contributed by atoms with Crippen LogP contribution in [0.2, 0.25) is 0 Å². The summed E-state index contributed by atoms with van der Waals surface area (Å²) in [6.45, 7) is 1.12. The Labute approximate surface area is 171 Å². The first kappa shape index (κ1) is 19.7. The molecule has 0 aromatic heterocycles. The summed E-state index contributed by atoms with van der Waals surface area (Å²) in [6, 6.07) is 18.8. The Balaban J connectivity index is 1.59. The number of benzene rings is 3. The molecule has 29 heavy (non-hydrogen) atoms. The van der Waals surface area contributed by atoms with Crippen molar-refractivity contribution in [2.24, 2.45) is 0 Å². The van der Waals surface area contributed by atoms with E-state index < -0.39 is 10.0 Å². The summed E-state index contributed by atoms with van der Waals surface area (Å²) in [5.74, 6) is 1.02. The van der Waals surface area contributed by atoms with Gasteiger partial charge in [0.25, 0.3) is 0 Å². The van der Waals surface area contributed by atoms with Crippen molar-refractivity contribution in [2.45, 2.75) is 10.9 Å². The van der Waals surface area contributed by atoms with E-state index in [1.54, 1.807) is 12.1 Å². The highest BCUT2D eigenvalue weighted by atomic mass is 32.2. The van der Waals surface area contributed by atoms with Crippen LogP contribution in [0.15, 0.2) is 65.6 Å². The maximum atomic E-state index is 12.9. The number of fused-ring (bicyclic) bond motifs is 2. The summed E-state index contributed by atoms with van der Waals surface area (Å²) in [5, 5.41) is 2.25. The number of nitrogens with zero attached hydrogens (tertiary/aromatic N) is 1. The molecule has 3 aromatic rings. The third-order valence-corrected chi connectivity index (χ3v) is 6.52. The molecular weight excluding hydrogens is 388 g/mol. The molecule has 4 rings (SSSR count). The second-order valence-corrected chi connectivity index (χ2v) is 8.97. The molecule has 3 aromatic carbocycles. The van der Waals surface area contributed by atoms with Gasteiger partial charge in [-0.1, -0.05) is 42.5 Å². The fourth-order valence-electron chi connectivity index (χ4n) is 3.57. The molecule has 0 spiro atoms. The van der Waals surface area contributed by atoms with Crippen LogP contribution in [0.1, 0.15) is 11.6 Å². The number of sulfonamides is 1. The summed E-state index contributed by atoms with van der Waals surface area (Å²) in [5.41, 5.74) is 1.08. The Morgan fingerprint density at radius 1 is 0.966 bits per heavy atom. The highest BCUT2D eigenvalue weighted by molar-refractivity contribution is 7.89. The molecule has 152 valence electrons. The van der Waals surface area contributed by atoms with Crippen molar-refractivity contribution in [3.05, 3.63) is 66.2 Å². The van der Waals surface area contributed by atoms with Crippen LogP contribution in [-0.4, -0.2) is 47.2 Å². The van der Waals surface area contributed by atoms with Gasteiger partial charge in [-0.25, -0.2) is 13.1 Å². The van der Waals surface area contributed by atoms with Crippen molar-refractivity contribution in [1.29, 1.82) is 0 Å². The van der Waals surface area contributed by atoms with E-state index in [1.807, 2.05) is 43.3 Å². The van der Waals surface area contributed by atoms with Gasteiger partial charge in [-0.3, -0.25) is 0 Å². The second kappa shape index (κ2) is 8.02. The minimum atomic E-state index is -3.70. The van der Waals surface area contributed by atoms with Gasteiger partial charge in [0.15, 0.2) is 11.5 Å². The third kappa shape index (κ3) is 4.07. The molecule has 6 nitrogen and oxygen atoms in total. The normalized spacial score (nSPS) is 14.9. The molecule has 0 saturated carbocycles. The lowest BCUT2D eigenvalue weighted by atomic mass is 9.98. The lowest BCUT2D eigenvalue weighted by Crippen LogP contribution is -2.34. The number of ether oxygens (including phenoxy) is 2. The summed E-state index contributed by atoms with van der Waals surface area (Å²) >= 11 is 0. The summed E-state index contributed by atoms with van der Waals surface area (Å²) in [4.78, 5) is 2.19. The largest absolute Gasteiger partial charge is 0.486 e. The smallest absolute Gasteiger partial charge is 0.240 e. The molecule has 1 aliphatic rings. The summed E-state index contributed by atoms with van der Waals surface area (Å²) in [7, 11) is 0.203. The molecule has 0 aliphatic carbocycles. The first-order valence-electron chi connectivity index (χ1n) is 9.49. The van der Waals surface area contributed by atoms with Crippen LogP contribution >= 0.6 is 0 Å². The van der Waals surface area contributed by atoms with E-state index in [0.29, 0.717) is 24.7 Å². The molecule has 0 amide bonds. The minimum absolute atomic E-state index is 0.118. The first-order valence-corrected chi connectivity index (χ1v) is 11.0. The molecule has 1 aliphatic heterocycles. The maximum absolute atomic E-state index is 12.9. The molecule has 0 bridgehead atoms. The third-order valence-electron chi connectivity index (χ3n) is 5.10. The maximum Gasteiger partial charge on any atom is 0.240 e. The minimum Gasteiger partial charge on any atom is -0.486 e. The topological polar surface area (TPSA) is 67.9 Å². The second-order valence-electron chi connectivity index (χ2n) is 7.21. The molecule has 7 heteroatoms. The number of nitrogens with one attached hydrogen (secondary N) is 1. The zero-order valence-electron chi connectivity index (χ0n) is 16.5. The van der Waals surface area contributed by atoms with Gasteiger partial charge in [0, 0.05) is 18.7 Å². The average Bonchev–Trinajstić information content (AvgIpc) is 2.73. The van der Waals surface area contributed by atoms with Crippen molar-refractivity contribution in [2.75, 3.05) is 33.9 Å². The number of likely N-dealkylation sites (N-methyl/N-ethyl adjacent to an activating group) is 1. The van der Waals surface area contributed by atoms with E-state index in [-0.39, 0.29) is 17.5 Å². The Morgan fingerprint density at radius 3 is 2.48 bits per heavy atom. The fourth-order valence-corrected chi connectivity index (χ4v) is 4.63. The van der Waals surface area contributed by atoms with Gasteiger partial charge in [-0.15, -0.1) is 0 Å². The lowest BCUT2D eigenvalue weighted by molar-refractivity contribution is 0.171.